The van der Waals surface area contributed by atoms with Crippen LogP contribution in [-0.4, -0.2) is 12.9 Å². The van der Waals surface area contributed by atoms with E-state index in [0.717, 1.165) is 12.1 Å². The quantitative estimate of drug-likeness (QED) is 0.330. The lowest BCUT2D eigenvalue weighted by molar-refractivity contribution is -0.137. The van der Waals surface area contributed by atoms with E-state index in [-0.39, 0.29) is 15.4 Å². The van der Waals surface area contributed by atoms with E-state index < -0.39 is 11.7 Å². The summed E-state index contributed by atoms with van der Waals surface area (Å²) in [6.45, 7) is 0. The first kappa shape index (κ1) is 21.2. The van der Waals surface area contributed by atoms with Gasteiger partial charge in [-0.15, -0.1) is 0 Å². The summed E-state index contributed by atoms with van der Waals surface area (Å²) < 4.78 is 42.7. The molecule has 0 fully saturated rings. The van der Waals surface area contributed by atoms with Crippen LogP contribution >= 0.6 is 34.8 Å². The molecule has 10 heteroatoms. The van der Waals surface area contributed by atoms with Gasteiger partial charge < -0.3 is 4.74 Å². The smallest absolute Gasteiger partial charge is 0.416 e. The highest BCUT2D eigenvalue weighted by molar-refractivity contribution is 6.62. The summed E-state index contributed by atoms with van der Waals surface area (Å²) in [5.74, 6) is 0.713. The predicted molar refractivity (Wildman–Crippen MR) is 103 cm³/mol. The van der Waals surface area contributed by atoms with Crippen molar-refractivity contribution in [3.63, 3.8) is 0 Å². The number of halogens is 6. The van der Waals surface area contributed by atoms with Gasteiger partial charge in [0.15, 0.2) is 5.84 Å². The van der Waals surface area contributed by atoms with Gasteiger partial charge in [-0.25, -0.2) is 4.99 Å². The average Bonchev–Trinajstić information content (AvgIpc) is 2.64. The number of amidine groups is 1. The topological polar surface area (TPSA) is 45.6 Å². The van der Waals surface area contributed by atoms with Gasteiger partial charge in [0, 0.05) is 0 Å². The Morgan fingerprint density at radius 2 is 1.56 bits per heavy atom. The molecule has 0 aliphatic rings. The lowest BCUT2D eigenvalue weighted by Crippen LogP contribution is -2.29. The third kappa shape index (κ3) is 6.23. The molecule has 0 atom stereocenters. The number of ether oxygens (including phenoxy) is 1. The van der Waals surface area contributed by atoms with Crippen LogP contribution in [-0.2, 0) is 6.18 Å². The first-order valence-electron chi connectivity index (χ1n) is 7.34. The molecule has 2 aromatic rings. The molecule has 0 saturated heterocycles. The van der Waals surface area contributed by atoms with E-state index in [1.807, 2.05) is 0 Å². The Morgan fingerprint density at radius 3 is 2.04 bits per heavy atom. The minimum Gasteiger partial charge on any atom is -0.497 e. The van der Waals surface area contributed by atoms with Gasteiger partial charge in [-0.05, 0) is 48.5 Å². The van der Waals surface area contributed by atoms with Crippen molar-refractivity contribution in [2.75, 3.05) is 12.5 Å². The minimum absolute atomic E-state index is 0.0710. The van der Waals surface area contributed by atoms with Crippen molar-refractivity contribution >= 4 is 52.0 Å². The van der Waals surface area contributed by atoms with E-state index in [4.69, 9.17) is 39.5 Å². The zero-order valence-corrected chi connectivity index (χ0v) is 16.0. The molecule has 27 heavy (non-hydrogen) atoms. The van der Waals surface area contributed by atoms with Gasteiger partial charge in [0.2, 0.25) is 0 Å². The number of benzene rings is 2. The van der Waals surface area contributed by atoms with Gasteiger partial charge in [0.1, 0.15) is 15.3 Å². The Kier molecular flexibility index (Phi) is 7.24. The first-order valence-corrected chi connectivity index (χ1v) is 8.47. The summed E-state index contributed by atoms with van der Waals surface area (Å²) in [6.07, 6.45) is -4.41. The van der Waals surface area contributed by atoms with Crippen molar-refractivity contribution in [1.29, 1.82) is 0 Å². The second kappa shape index (κ2) is 9.21. The van der Waals surface area contributed by atoms with Crippen LogP contribution in [0.3, 0.4) is 0 Å². The van der Waals surface area contributed by atoms with Gasteiger partial charge in [-0.2, -0.15) is 13.2 Å². The van der Waals surface area contributed by atoms with Crippen molar-refractivity contribution in [2.45, 2.75) is 6.18 Å². The monoisotopic (exact) mass is 437 g/mol. The number of hydrazine groups is 1. The fraction of sp³-hybridized carbons (Fsp3) is 0.118. The highest BCUT2D eigenvalue weighted by Crippen LogP contribution is 2.30. The van der Waals surface area contributed by atoms with E-state index in [2.05, 4.69) is 15.8 Å². The Hall–Kier alpha value is -2.09. The molecular formula is C17H13Cl3F3N3O. The molecule has 0 spiro atoms. The van der Waals surface area contributed by atoms with Crippen molar-refractivity contribution in [3.05, 3.63) is 63.6 Å². The summed E-state index contributed by atoms with van der Waals surface area (Å²) in [5.41, 5.74) is 5.47. The van der Waals surface area contributed by atoms with Crippen molar-refractivity contribution < 1.29 is 17.9 Å². The molecule has 2 N–H and O–H groups in total. The van der Waals surface area contributed by atoms with Gasteiger partial charge in [0.25, 0.3) is 0 Å². The standard InChI is InChI=1S/C17H13Cl3F3N3O/c1-27-13-8-6-11(7-9-13)24-16(14(18)15(19)20)26-25-12-4-2-10(3-5-12)17(21,22)23/h2-9,25H,1H3,(H,24,26). The number of methoxy groups -OCH3 is 1. The molecule has 0 amide bonds. The largest absolute Gasteiger partial charge is 0.497 e. The molecule has 0 aliphatic carbocycles. The van der Waals surface area contributed by atoms with Crippen LogP contribution in [0.1, 0.15) is 5.56 Å². The lowest BCUT2D eigenvalue weighted by Gasteiger charge is -2.13. The zero-order chi connectivity index (χ0) is 20.0. The molecule has 0 saturated carbocycles. The van der Waals surface area contributed by atoms with Gasteiger partial charge >= 0.3 is 6.18 Å². The number of nitrogens with zero attached hydrogens (tertiary/aromatic N) is 1. The van der Waals surface area contributed by atoms with Crippen molar-refractivity contribution in [3.8, 4) is 5.75 Å². The molecule has 0 radical (unpaired) electrons. The summed E-state index contributed by atoms with van der Waals surface area (Å²) in [7, 11) is 1.53. The van der Waals surface area contributed by atoms with Crippen LogP contribution in [0.25, 0.3) is 0 Å². The molecule has 4 nitrogen and oxygen atoms in total. The maximum absolute atomic E-state index is 12.6. The molecule has 2 rings (SSSR count). The fourth-order valence-electron chi connectivity index (χ4n) is 1.88. The maximum Gasteiger partial charge on any atom is 0.416 e. The molecule has 2 aromatic carbocycles. The molecule has 0 aromatic heterocycles. The van der Waals surface area contributed by atoms with Crippen LogP contribution in [0.2, 0.25) is 0 Å². The Balaban J connectivity index is 2.20. The van der Waals surface area contributed by atoms with Gasteiger partial charge in [0.05, 0.1) is 24.0 Å². The van der Waals surface area contributed by atoms with E-state index in [1.165, 1.54) is 19.2 Å². The average molecular weight is 439 g/mol. The van der Waals surface area contributed by atoms with Gasteiger partial charge in [-0.3, -0.25) is 10.9 Å². The Labute approximate surface area is 168 Å². The summed E-state index contributed by atoms with van der Waals surface area (Å²) in [4.78, 5) is 4.28. The second-order valence-corrected chi connectivity index (χ2v) is 6.39. The van der Waals surface area contributed by atoms with E-state index in [1.54, 1.807) is 24.3 Å². The molecule has 0 bridgehead atoms. The zero-order valence-electron chi connectivity index (χ0n) is 13.7. The van der Waals surface area contributed by atoms with Crippen LogP contribution in [0.4, 0.5) is 24.5 Å². The van der Waals surface area contributed by atoms with E-state index >= 15 is 0 Å². The molecule has 0 heterocycles. The molecule has 144 valence electrons. The van der Waals surface area contributed by atoms with Crippen LogP contribution in [0, 0.1) is 0 Å². The SMILES string of the molecule is COc1ccc(N=C(NNc2ccc(C(F)(F)F)cc2)C(Cl)=C(Cl)Cl)cc1. The highest BCUT2D eigenvalue weighted by Gasteiger charge is 2.29. The van der Waals surface area contributed by atoms with Crippen LogP contribution in [0.15, 0.2) is 63.0 Å². The summed E-state index contributed by atoms with van der Waals surface area (Å²) >= 11 is 17.5. The van der Waals surface area contributed by atoms with E-state index in [9.17, 15) is 13.2 Å². The summed E-state index contributed by atoms with van der Waals surface area (Å²) in [6, 6.07) is 11.1. The van der Waals surface area contributed by atoms with Crippen LogP contribution in [0.5, 0.6) is 5.75 Å². The number of nitrogens with one attached hydrogen (secondary N) is 2. The van der Waals surface area contributed by atoms with Crippen molar-refractivity contribution in [2.24, 2.45) is 4.99 Å². The molecule has 0 aliphatic heterocycles. The predicted octanol–water partition coefficient (Wildman–Crippen LogP) is 6.25. The molecular weight excluding hydrogens is 426 g/mol. The fourth-order valence-corrected chi connectivity index (χ4v) is 2.15. The maximum atomic E-state index is 12.6. The third-order valence-corrected chi connectivity index (χ3v) is 4.16. The third-order valence-electron chi connectivity index (χ3n) is 3.22. The Morgan fingerprint density at radius 1 is 0.963 bits per heavy atom. The number of anilines is 1. The number of hydrogen-bond donors (Lipinski definition) is 2. The van der Waals surface area contributed by atoms with Gasteiger partial charge in [-0.1, -0.05) is 34.8 Å². The van der Waals surface area contributed by atoms with Crippen LogP contribution < -0.4 is 15.6 Å². The lowest BCUT2D eigenvalue weighted by atomic mass is 10.2. The number of rotatable bonds is 5. The first-order chi connectivity index (χ1) is 12.7. The summed E-state index contributed by atoms with van der Waals surface area (Å²) in [5, 5.41) is -0.0754. The number of aliphatic imine (C=N–C) groups is 1. The highest BCUT2D eigenvalue weighted by atomic mass is 35.5. The normalized spacial score (nSPS) is 11.7. The second-order valence-electron chi connectivity index (χ2n) is 5.06. The van der Waals surface area contributed by atoms with E-state index in [0.29, 0.717) is 17.1 Å². The molecule has 0 unspecified atom stereocenters. The number of hydrogen-bond acceptors (Lipinski definition) is 3. The number of alkyl halides is 3. The Bertz CT molecular complexity index is 831. The van der Waals surface area contributed by atoms with Crippen molar-refractivity contribution in [1.82, 2.24) is 5.43 Å². The minimum atomic E-state index is -4.41.